The van der Waals surface area contributed by atoms with Crippen LogP contribution in [-0.4, -0.2) is 43.7 Å². The number of likely N-dealkylation sites (tertiary alicyclic amines) is 1. The molecule has 1 heterocycles. The molecule has 4 heteroatoms. The summed E-state index contributed by atoms with van der Waals surface area (Å²) < 4.78 is 5.00. The molecule has 1 aromatic rings. The van der Waals surface area contributed by atoms with E-state index in [2.05, 4.69) is 34.5 Å². The second-order valence-corrected chi connectivity index (χ2v) is 7.03. The van der Waals surface area contributed by atoms with E-state index in [-0.39, 0.29) is 11.9 Å². The second kappa shape index (κ2) is 7.93. The van der Waals surface area contributed by atoms with Gasteiger partial charge in [-0.1, -0.05) is 36.8 Å². The molecule has 1 N–H and O–H groups in total. The highest BCUT2D eigenvalue weighted by Gasteiger charge is 2.33. The van der Waals surface area contributed by atoms with Crippen molar-refractivity contribution < 1.29 is 9.53 Å². The lowest BCUT2D eigenvalue weighted by Crippen LogP contribution is -2.52. The average Bonchev–Trinajstić information content (AvgIpc) is 2.56. The number of carbonyl (C=O) groups excluding carboxylic acids is 1. The molecule has 2 fully saturated rings. The number of esters is 1. The van der Waals surface area contributed by atoms with Crippen LogP contribution in [0, 0.1) is 11.8 Å². The molecule has 126 valence electrons. The van der Waals surface area contributed by atoms with Gasteiger partial charge in [-0.25, -0.2) is 0 Å². The Kier molecular flexibility index (Phi) is 5.68. The minimum absolute atomic E-state index is 0.00194. The van der Waals surface area contributed by atoms with E-state index in [1.54, 1.807) is 0 Å². The van der Waals surface area contributed by atoms with Gasteiger partial charge in [-0.05, 0) is 30.7 Å². The fraction of sp³-hybridized carbons (Fsp3) is 0.632. The molecular formula is C19H28N2O2. The van der Waals surface area contributed by atoms with Crippen molar-refractivity contribution in [1.82, 2.24) is 10.2 Å². The predicted molar refractivity (Wildman–Crippen MR) is 91.0 cm³/mol. The Balaban J connectivity index is 1.57. The zero-order chi connectivity index (χ0) is 16.1. The monoisotopic (exact) mass is 316 g/mol. The summed E-state index contributed by atoms with van der Waals surface area (Å²) in [5.41, 5.74) is 1.29. The summed E-state index contributed by atoms with van der Waals surface area (Å²) in [4.78, 5) is 14.5. The Labute approximate surface area is 139 Å². The van der Waals surface area contributed by atoms with Crippen LogP contribution >= 0.6 is 0 Å². The third kappa shape index (κ3) is 4.55. The fourth-order valence-electron chi connectivity index (χ4n) is 3.72. The van der Waals surface area contributed by atoms with Gasteiger partial charge in [-0.3, -0.25) is 4.79 Å². The molecule has 2 atom stereocenters. The van der Waals surface area contributed by atoms with Crippen molar-refractivity contribution in [3.8, 4) is 0 Å². The van der Waals surface area contributed by atoms with Crippen molar-refractivity contribution in [3.05, 3.63) is 35.9 Å². The normalized spacial score (nSPS) is 25.8. The van der Waals surface area contributed by atoms with Crippen LogP contribution in [0.1, 0.15) is 31.2 Å². The lowest BCUT2D eigenvalue weighted by atomic mass is 9.84. The van der Waals surface area contributed by atoms with Crippen LogP contribution in [0.25, 0.3) is 0 Å². The number of piperidine rings is 1. The molecule has 23 heavy (non-hydrogen) atoms. The zero-order valence-electron chi connectivity index (χ0n) is 14.0. The quantitative estimate of drug-likeness (QED) is 0.819. The van der Waals surface area contributed by atoms with E-state index in [1.807, 2.05) is 6.07 Å². The van der Waals surface area contributed by atoms with Gasteiger partial charge >= 0.3 is 5.97 Å². The average molecular weight is 316 g/mol. The molecule has 3 rings (SSSR count). The van der Waals surface area contributed by atoms with E-state index < -0.39 is 0 Å². The van der Waals surface area contributed by atoms with Crippen LogP contribution in [0.15, 0.2) is 30.3 Å². The largest absolute Gasteiger partial charge is 0.469 e. The molecule has 1 saturated heterocycles. The molecule has 0 spiro atoms. The van der Waals surface area contributed by atoms with Crippen LogP contribution in [0.2, 0.25) is 0 Å². The number of ether oxygens (including phenoxy) is 1. The highest BCUT2D eigenvalue weighted by molar-refractivity contribution is 5.72. The van der Waals surface area contributed by atoms with E-state index in [9.17, 15) is 4.79 Å². The van der Waals surface area contributed by atoms with Crippen molar-refractivity contribution >= 4 is 5.97 Å². The molecule has 1 aliphatic carbocycles. The van der Waals surface area contributed by atoms with Crippen molar-refractivity contribution in [2.24, 2.45) is 11.8 Å². The minimum Gasteiger partial charge on any atom is -0.469 e. The maximum atomic E-state index is 12.0. The Morgan fingerprint density at radius 2 is 2.04 bits per heavy atom. The maximum Gasteiger partial charge on any atom is 0.310 e. The van der Waals surface area contributed by atoms with Crippen LogP contribution in [0.3, 0.4) is 0 Å². The van der Waals surface area contributed by atoms with Crippen molar-refractivity contribution in [2.75, 3.05) is 26.7 Å². The zero-order valence-corrected chi connectivity index (χ0v) is 14.0. The molecule has 0 amide bonds. The summed E-state index contributed by atoms with van der Waals surface area (Å²) in [6.07, 6.45) is 4.94. The van der Waals surface area contributed by atoms with Crippen LogP contribution < -0.4 is 5.32 Å². The Morgan fingerprint density at radius 1 is 1.26 bits per heavy atom. The third-order valence-corrected chi connectivity index (χ3v) is 5.24. The minimum atomic E-state index is -0.0604. The van der Waals surface area contributed by atoms with Crippen molar-refractivity contribution in [1.29, 1.82) is 0 Å². The van der Waals surface area contributed by atoms with Crippen molar-refractivity contribution in [3.63, 3.8) is 0 Å². The Hall–Kier alpha value is -1.39. The topological polar surface area (TPSA) is 41.6 Å². The van der Waals surface area contributed by atoms with Gasteiger partial charge in [0.2, 0.25) is 0 Å². The summed E-state index contributed by atoms with van der Waals surface area (Å²) in [6.45, 7) is 3.89. The van der Waals surface area contributed by atoms with Crippen LogP contribution in [0.4, 0.5) is 0 Å². The first kappa shape index (κ1) is 16.5. The first-order valence-corrected chi connectivity index (χ1v) is 8.82. The molecule has 2 unspecified atom stereocenters. The van der Waals surface area contributed by atoms with Gasteiger partial charge in [0, 0.05) is 32.2 Å². The van der Waals surface area contributed by atoms with Crippen molar-refractivity contribution in [2.45, 2.75) is 38.3 Å². The number of nitrogens with one attached hydrogen (secondary N) is 1. The standard InChI is InChI=1S/C19H28N2O2/c1-23-19(22)17-10-18(20-11-15-6-3-2-4-7-15)14-21(13-17)12-16-8-5-9-16/h2-4,6-7,16-18,20H,5,8-14H2,1H3. The third-order valence-electron chi connectivity index (χ3n) is 5.24. The van der Waals surface area contributed by atoms with E-state index in [0.29, 0.717) is 6.04 Å². The smallest absolute Gasteiger partial charge is 0.310 e. The van der Waals surface area contributed by atoms with Gasteiger partial charge in [-0.2, -0.15) is 0 Å². The molecule has 2 aliphatic rings. The first-order valence-electron chi connectivity index (χ1n) is 8.82. The van der Waals surface area contributed by atoms with E-state index in [4.69, 9.17) is 4.74 Å². The van der Waals surface area contributed by atoms with Gasteiger partial charge < -0.3 is 15.0 Å². The van der Waals surface area contributed by atoms with Gasteiger partial charge in [0.05, 0.1) is 13.0 Å². The number of carbonyl (C=O) groups is 1. The summed E-state index contributed by atoms with van der Waals surface area (Å²) in [7, 11) is 1.50. The van der Waals surface area contributed by atoms with E-state index in [1.165, 1.54) is 31.9 Å². The van der Waals surface area contributed by atoms with Crippen LogP contribution in [-0.2, 0) is 16.1 Å². The molecule has 0 aromatic heterocycles. The van der Waals surface area contributed by atoms with Gasteiger partial charge in [0.15, 0.2) is 0 Å². The molecular weight excluding hydrogens is 288 g/mol. The Bertz CT molecular complexity index is 501. The highest BCUT2D eigenvalue weighted by Crippen LogP contribution is 2.29. The number of nitrogens with zero attached hydrogens (tertiary/aromatic N) is 1. The summed E-state index contributed by atoms with van der Waals surface area (Å²) >= 11 is 0. The Morgan fingerprint density at radius 3 is 2.70 bits per heavy atom. The predicted octanol–water partition coefficient (Wildman–Crippen LogP) is 2.44. The van der Waals surface area contributed by atoms with Gasteiger partial charge in [-0.15, -0.1) is 0 Å². The number of benzene rings is 1. The first-order chi connectivity index (χ1) is 11.2. The van der Waals surface area contributed by atoms with Gasteiger partial charge in [0.25, 0.3) is 0 Å². The van der Waals surface area contributed by atoms with Crippen LogP contribution in [0.5, 0.6) is 0 Å². The number of methoxy groups -OCH3 is 1. The molecule has 0 radical (unpaired) electrons. The molecule has 1 saturated carbocycles. The molecule has 4 nitrogen and oxygen atoms in total. The lowest BCUT2D eigenvalue weighted by molar-refractivity contribution is -0.148. The second-order valence-electron chi connectivity index (χ2n) is 7.03. The summed E-state index contributed by atoms with van der Waals surface area (Å²) in [5.74, 6) is 0.776. The van der Waals surface area contributed by atoms with E-state index in [0.717, 1.165) is 38.5 Å². The molecule has 1 aliphatic heterocycles. The summed E-state index contributed by atoms with van der Waals surface area (Å²) in [6, 6.07) is 10.8. The number of rotatable bonds is 6. The maximum absolute atomic E-state index is 12.0. The van der Waals surface area contributed by atoms with E-state index >= 15 is 0 Å². The fourth-order valence-corrected chi connectivity index (χ4v) is 3.72. The molecule has 1 aromatic carbocycles. The highest BCUT2D eigenvalue weighted by atomic mass is 16.5. The molecule has 0 bridgehead atoms. The number of hydrogen-bond donors (Lipinski definition) is 1. The number of hydrogen-bond acceptors (Lipinski definition) is 4. The summed E-state index contributed by atoms with van der Waals surface area (Å²) in [5, 5.41) is 3.64. The lowest BCUT2D eigenvalue weighted by Gasteiger charge is -2.40. The van der Waals surface area contributed by atoms with Gasteiger partial charge in [0.1, 0.15) is 0 Å². The SMILES string of the molecule is COC(=O)C1CC(NCc2ccccc2)CN(CC2CCC2)C1.